The second kappa shape index (κ2) is 7.43. The first-order valence-corrected chi connectivity index (χ1v) is 9.15. The van der Waals surface area contributed by atoms with Crippen molar-refractivity contribution in [1.82, 2.24) is 30.2 Å². The van der Waals surface area contributed by atoms with Gasteiger partial charge in [-0.05, 0) is 12.1 Å². The summed E-state index contributed by atoms with van der Waals surface area (Å²) in [6.45, 7) is 10.2. The van der Waals surface area contributed by atoms with Crippen LogP contribution in [0.15, 0.2) is 27.4 Å². The van der Waals surface area contributed by atoms with E-state index in [1.807, 2.05) is 26.0 Å². The number of nitrogens with zero attached hydrogens (tertiary/aromatic N) is 7. The molecular formula is C18H23N7O2. The predicted octanol–water partition coefficient (Wildman–Crippen LogP) is 2.27. The third kappa shape index (κ3) is 3.97. The molecule has 0 bridgehead atoms. The molecule has 0 aromatic carbocycles. The van der Waals surface area contributed by atoms with Crippen LogP contribution in [-0.4, -0.2) is 56.3 Å². The minimum atomic E-state index is 0.236. The molecule has 3 aromatic heterocycles. The molecule has 9 nitrogen and oxygen atoms in total. The standard InChI is InChI=1S/C18H23N7O2/c1-12(2)17-21-18(27-23-17)14-4-5-19-16(10-14)25-8-6-24(7-9-25)11-15-20-13(3)26-22-15/h4-5,10,12H,6-9,11H2,1-3H3. The Morgan fingerprint density at radius 3 is 2.56 bits per heavy atom. The average molecular weight is 369 g/mol. The maximum atomic E-state index is 5.40. The molecule has 0 aliphatic carbocycles. The van der Waals surface area contributed by atoms with Crippen LogP contribution in [0.5, 0.6) is 0 Å². The van der Waals surface area contributed by atoms with Gasteiger partial charge in [0.1, 0.15) is 5.82 Å². The largest absolute Gasteiger partial charge is 0.354 e. The van der Waals surface area contributed by atoms with Crippen molar-refractivity contribution in [3.8, 4) is 11.5 Å². The van der Waals surface area contributed by atoms with Gasteiger partial charge in [-0.2, -0.15) is 9.97 Å². The maximum Gasteiger partial charge on any atom is 0.258 e. The maximum absolute atomic E-state index is 5.40. The highest BCUT2D eigenvalue weighted by atomic mass is 16.5. The molecule has 0 atom stereocenters. The number of anilines is 1. The van der Waals surface area contributed by atoms with Crippen molar-refractivity contribution in [3.05, 3.63) is 35.9 Å². The Kier molecular flexibility index (Phi) is 4.85. The van der Waals surface area contributed by atoms with E-state index in [1.54, 1.807) is 13.1 Å². The SMILES string of the molecule is Cc1nc(CN2CCN(c3cc(-c4nc(C(C)C)no4)ccn3)CC2)no1. The molecule has 1 saturated heterocycles. The lowest BCUT2D eigenvalue weighted by atomic mass is 10.2. The van der Waals surface area contributed by atoms with E-state index in [2.05, 4.69) is 35.1 Å². The number of hydrogen-bond acceptors (Lipinski definition) is 9. The van der Waals surface area contributed by atoms with Crippen LogP contribution in [-0.2, 0) is 6.54 Å². The lowest BCUT2D eigenvalue weighted by molar-refractivity contribution is 0.239. The van der Waals surface area contributed by atoms with Gasteiger partial charge in [-0.1, -0.05) is 24.2 Å². The van der Waals surface area contributed by atoms with Crippen LogP contribution in [0.4, 0.5) is 5.82 Å². The fraction of sp³-hybridized carbons (Fsp3) is 0.500. The van der Waals surface area contributed by atoms with Gasteiger partial charge in [0.15, 0.2) is 11.6 Å². The van der Waals surface area contributed by atoms with Crippen molar-refractivity contribution >= 4 is 5.82 Å². The zero-order valence-electron chi connectivity index (χ0n) is 15.8. The molecule has 0 amide bonds. The number of hydrogen-bond donors (Lipinski definition) is 0. The van der Waals surface area contributed by atoms with Crippen molar-refractivity contribution in [2.45, 2.75) is 33.2 Å². The van der Waals surface area contributed by atoms with E-state index in [-0.39, 0.29) is 5.92 Å². The molecular weight excluding hydrogens is 346 g/mol. The van der Waals surface area contributed by atoms with Crippen molar-refractivity contribution in [1.29, 1.82) is 0 Å². The highest BCUT2D eigenvalue weighted by Gasteiger charge is 2.20. The Hall–Kier alpha value is -2.81. The molecule has 27 heavy (non-hydrogen) atoms. The van der Waals surface area contributed by atoms with Gasteiger partial charge in [0, 0.05) is 50.8 Å². The van der Waals surface area contributed by atoms with Crippen LogP contribution in [0.25, 0.3) is 11.5 Å². The third-order valence-corrected chi connectivity index (χ3v) is 4.58. The van der Waals surface area contributed by atoms with Gasteiger partial charge < -0.3 is 13.9 Å². The Morgan fingerprint density at radius 1 is 1.07 bits per heavy atom. The highest BCUT2D eigenvalue weighted by molar-refractivity contribution is 5.58. The normalized spacial score (nSPS) is 15.6. The zero-order valence-corrected chi connectivity index (χ0v) is 15.8. The number of rotatable bonds is 5. The molecule has 142 valence electrons. The van der Waals surface area contributed by atoms with Gasteiger partial charge in [-0.25, -0.2) is 4.98 Å². The molecule has 0 spiro atoms. The van der Waals surface area contributed by atoms with Crippen molar-refractivity contribution in [2.75, 3.05) is 31.1 Å². The molecule has 9 heteroatoms. The summed E-state index contributed by atoms with van der Waals surface area (Å²) in [5.41, 5.74) is 0.893. The van der Waals surface area contributed by atoms with Gasteiger partial charge in [0.05, 0.1) is 6.54 Å². The molecule has 0 N–H and O–H groups in total. The predicted molar refractivity (Wildman–Crippen MR) is 98.1 cm³/mol. The summed E-state index contributed by atoms with van der Waals surface area (Å²) in [7, 11) is 0. The molecule has 0 unspecified atom stereocenters. The number of aryl methyl sites for hydroxylation is 1. The fourth-order valence-electron chi connectivity index (χ4n) is 3.05. The molecule has 4 heterocycles. The second-order valence-electron chi connectivity index (χ2n) is 7.01. The monoisotopic (exact) mass is 369 g/mol. The molecule has 0 saturated carbocycles. The van der Waals surface area contributed by atoms with Crippen LogP contribution in [0, 0.1) is 6.92 Å². The van der Waals surface area contributed by atoms with E-state index >= 15 is 0 Å². The molecule has 1 fully saturated rings. The van der Waals surface area contributed by atoms with Gasteiger partial charge >= 0.3 is 0 Å². The van der Waals surface area contributed by atoms with Crippen LogP contribution in [0.3, 0.4) is 0 Å². The van der Waals surface area contributed by atoms with Crippen LogP contribution in [0.1, 0.15) is 37.3 Å². The van der Waals surface area contributed by atoms with Crippen molar-refractivity contribution < 1.29 is 9.05 Å². The van der Waals surface area contributed by atoms with Crippen LogP contribution in [0.2, 0.25) is 0 Å². The Morgan fingerprint density at radius 2 is 1.89 bits per heavy atom. The van der Waals surface area contributed by atoms with Crippen LogP contribution < -0.4 is 4.90 Å². The van der Waals surface area contributed by atoms with E-state index < -0.39 is 0 Å². The number of piperazine rings is 1. The second-order valence-corrected chi connectivity index (χ2v) is 7.01. The Bertz CT molecular complexity index is 897. The van der Waals surface area contributed by atoms with Gasteiger partial charge in [-0.15, -0.1) is 0 Å². The molecule has 1 aliphatic rings. The Labute approximate surface area is 157 Å². The number of aromatic nitrogens is 5. The quantitative estimate of drug-likeness (QED) is 0.670. The van der Waals surface area contributed by atoms with E-state index in [9.17, 15) is 0 Å². The number of pyridine rings is 1. The summed E-state index contributed by atoms with van der Waals surface area (Å²) in [5.74, 6) is 3.75. The summed E-state index contributed by atoms with van der Waals surface area (Å²) >= 11 is 0. The van der Waals surface area contributed by atoms with Gasteiger partial charge in [-0.3, -0.25) is 4.90 Å². The summed E-state index contributed by atoms with van der Waals surface area (Å²) < 4.78 is 10.4. The summed E-state index contributed by atoms with van der Waals surface area (Å²) in [6, 6.07) is 3.91. The van der Waals surface area contributed by atoms with Crippen molar-refractivity contribution in [3.63, 3.8) is 0 Å². The molecule has 1 aliphatic heterocycles. The first kappa shape index (κ1) is 17.6. The third-order valence-electron chi connectivity index (χ3n) is 4.58. The first-order chi connectivity index (χ1) is 13.1. The van der Waals surface area contributed by atoms with Gasteiger partial charge in [0.2, 0.25) is 5.89 Å². The molecule has 3 aromatic rings. The van der Waals surface area contributed by atoms with E-state index in [1.165, 1.54) is 0 Å². The van der Waals surface area contributed by atoms with Gasteiger partial charge in [0.25, 0.3) is 5.89 Å². The zero-order chi connectivity index (χ0) is 18.8. The lowest BCUT2D eigenvalue weighted by Gasteiger charge is -2.34. The minimum absolute atomic E-state index is 0.236. The Balaban J connectivity index is 1.41. The summed E-state index contributed by atoms with van der Waals surface area (Å²) in [4.78, 5) is 17.8. The van der Waals surface area contributed by atoms with Crippen molar-refractivity contribution in [2.24, 2.45) is 0 Å². The summed E-state index contributed by atoms with van der Waals surface area (Å²) in [5, 5.41) is 8.01. The van der Waals surface area contributed by atoms with Crippen LogP contribution >= 0.6 is 0 Å². The van der Waals surface area contributed by atoms with E-state index in [0.717, 1.165) is 43.4 Å². The topological polar surface area (TPSA) is 97.2 Å². The smallest absolute Gasteiger partial charge is 0.258 e. The molecule has 4 rings (SSSR count). The summed E-state index contributed by atoms with van der Waals surface area (Å²) in [6.07, 6.45) is 1.79. The van der Waals surface area contributed by atoms with E-state index in [0.29, 0.717) is 24.2 Å². The average Bonchev–Trinajstić information content (AvgIpc) is 3.32. The van der Waals surface area contributed by atoms with E-state index in [4.69, 9.17) is 9.05 Å². The fourth-order valence-corrected chi connectivity index (χ4v) is 3.05. The minimum Gasteiger partial charge on any atom is -0.354 e. The highest BCUT2D eigenvalue weighted by Crippen LogP contribution is 2.24. The molecule has 0 radical (unpaired) electrons. The lowest BCUT2D eigenvalue weighted by Crippen LogP contribution is -2.46. The first-order valence-electron chi connectivity index (χ1n) is 9.15.